The minimum absolute atomic E-state index is 0.188. The highest BCUT2D eigenvalue weighted by molar-refractivity contribution is 8.00. The zero-order valence-electron chi connectivity index (χ0n) is 22.9. The van der Waals surface area contributed by atoms with Crippen molar-refractivity contribution in [2.75, 3.05) is 25.1 Å². The summed E-state index contributed by atoms with van der Waals surface area (Å²) in [5.74, 6) is -2.09. The summed E-state index contributed by atoms with van der Waals surface area (Å²) in [4.78, 5) is 27.6. The molecule has 1 heterocycles. The molecule has 2 aliphatic rings. The van der Waals surface area contributed by atoms with Gasteiger partial charge in [-0.1, -0.05) is 49.6 Å². The molecule has 212 valence electrons. The van der Waals surface area contributed by atoms with Gasteiger partial charge in [0.05, 0.1) is 5.75 Å². The number of thioether (sulfide) groups is 1. The Hall–Kier alpha value is -2.36. The van der Waals surface area contributed by atoms with Gasteiger partial charge in [0.25, 0.3) is 5.91 Å². The molecule has 2 aromatic carbocycles. The van der Waals surface area contributed by atoms with Crippen LogP contribution in [0.4, 0.5) is 0 Å². The lowest BCUT2D eigenvalue weighted by molar-refractivity contribution is -0.139. The smallest absolute Gasteiger partial charge is 0.326 e. The molecule has 2 fully saturated rings. The van der Waals surface area contributed by atoms with E-state index >= 15 is 0 Å². The molecule has 1 aliphatic heterocycles. The van der Waals surface area contributed by atoms with Gasteiger partial charge in [0, 0.05) is 35.4 Å². The van der Waals surface area contributed by atoms with Crippen molar-refractivity contribution >= 4 is 33.5 Å². The molecule has 0 bridgehead atoms. The molecule has 9 heteroatoms. The number of aliphatic carboxylic acids is 1. The van der Waals surface area contributed by atoms with Gasteiger partial charge in [-0.25, -0.2) is 13.2 Å². The molecule has 2 N–H and O–H groups in total. The molecule has 0 spiro atoms. The van der Waals surface area contributed by atoms with Crippen LogP contribution in [0.25, 0.3) is 11.1 Å². The van der Waals surface area contributed by atoms with Crippen molar-refractivity contribution in [3.8, 4) is 11.1 Å². The van der Waals surface area contributed by atoms with E-state index in [1.807, 2.05) is 43.3 Å². The zero-order chi connectivity index (χ0) is 28.0. The Kier molecular flexibility index (Phi) is 10.1. The summed E-state index contributed by atoms with van der Waals surface area (Å²) < 4.78 is 23.2. The average molecular weight is 573 g/mol. The van der Waals surface area contributed by atoms with Crippen molar-refractivity contribution in [1.82, 2.24) is 10.2 Å². The van der Waals surface area contributed by atoms with E-state index in [0.29, 0.717) is 10.8 Å². The number of carbonyl (C=O) groups excluding carboxylic acids is 1. The standard InChI is InChI=1S/C30H40N2O5S2/c1-21-8-6-7-11-25(21)27-18-22(19-32-16-14-24(20-32)38-23-9-4-3-5-10-23)12-13-26(27)29(33)31-28(30(34)35)15-17-39(2,36)37/h6-8,11-13,18,23-24,28H,3-5,9-10,14-17,19-20H2,1-2H3,(H,31,33)(H,34,35). The second-order valence-electron chi connectivity index (χ2n) is 11.0. The third-order valence-electron chi connectivity index (χ3n) is 7.72. The summed E-state index contributed by atoms with van der Waals surface area (Å²) in [5, 5.41) is 13.6. The Labute approximate surface area is 236 Å². The van der Waals surface area contributed by atoms with Crippen molar-refractivity contribution in [1.29, 1.82) is 0 Å². The van der Waals surface area contributed by atoms with Crippen molar-refractivity contribution in [2.45, 2.75) is 75.0 Å². The first kappa shape index (κ1) is 29.6. The van der Waals surface area contributed by atoms with E-state index in [0.717, 1.165) is 53.4 Å². The van der Waals surface area contributed by atoms with Gasteiger partial charge in [-0.3, -0.25) is 9.69 Å². The van der Waals surface area contributed by atoms with Gasteiger partial charge in [0.15, 0.2) is 0 Å². The van der Waals surface area contributed by atoms with Gasteiger partial charge in [-0.15, -0.1) is 0 Å². The van der Waals surface area contributed by atoms with Crippen molar-refractivity contribution in [3.63, 3.8) is 0 Å². The summed E-state index contributed by atoms with van der Waals surface area (Å²) in [6.07, 6.45) is 8.87. The summed E-state index contributed by atoms with van der Waals surface area (Å²) in [6, 6.07) is 12.3. The molecule has 39 heavy (non-hydrogen) atoms. The van der Waals surface area contributed by atoms with E-state index in [2.05, 4.69) is 22.0 Å². The van der Waals surface area contributed by atoms with Crippen LogP contribution in [-0.4, -0.2) is 71.9 Å². The van der Waals surface area contributed by atoms with E-state index in [4.69, 9.17) is 0 Å². The number of hydrogen-bond donors (Lipinski definition) is 2. The quantitative estimate of drug-likeness (QED) is 0.394. The van der Waals surface area contributed by atoms with E-state index in [1.165, 1.54) is 38.5 Å². The maximum atomic E-state index is 13.3. The highest BCUT2D eigenvalue weighted by Crippen LogP contribution is 2.35. The highest BCUT2D eigenvalue weighted by Gasteiger charge is 2.28. The number of likely N-dealkylation sites (tertiary alicyclic amines) is 1. The van der Waals surface area contributed by atoms with Crippen molar-refractivity contribution in [2.24, 2.45) is 0 Å². The fourth-order valence-corrected chi connectivity index (χ4v) is 7.95. The lowest BCUT2D eigenvalue weighted by Gasteiger charge is -2.24. The van der Waals surface area contributed by atoms with Crippen LogP contribution >= 0.6 is 11.8 Å². The van der Waals surface area contributed by atoms with Gasteiger partial charge in [0.1, 0.15) is 15.9 Å². The number of carboxylic acid groups (broad SMARTS) is 1. The first-order valence-corrected chi connectivity index (χ1v) is 16.9. The number of hydrogen-bond acceptors (Lipinski definition) is 6. The molecular weight excluding hydrogens is 532 g/mol. The number of carbonyl (C=O) groups is 2. The Balaban J connectivity index is 1.51. The van der Waals surface area contributed by atoms with E-state index in [9.17, 15) is 23.1 Å². The Morgan fingerprint density at radius 3 is 2.49 bits per heavy atom. The first-order chi connectivity index (χ1) is 18.6. The molecular formula is C30H40N2O5S2. The van der Waals surface area contributed by atoms with E-state index < -0.39 is 27.8 Å². The lowest BCUT2D eigenvalue weighted by Crippen LogP contribution is -2.42. The minimum Gasteiger partial charge on any atom is -0.480 e. The number of rotatable bonds is 11. The predicted octanol–water partition coefficient (Wildman–Crippen LogP) is 4.92. The summed E-state index contributed by atoms with van der Waals surface area (Å²) in [6.45, 7) is 4.93. The molecule has 1 saturated carbocycles. The van der Waals surface area contributed by atoms with Crippen LogP contribution in [0.5, 0.6) is 0 Å². The maximum Gasteiger partial charge on any atom is 0.326 e. The summed E-state index contributed by atoms with van der Waals surface area (Å²) in [7, 11) is -3.36. The molecule has 2 aromatic rings. The van der Waals surface area contributed by atoms with Crippen LogP contribution in [-0.2, 0) is 21.2 Å². The van der Waals surface area contributed by atoms with E-state index in [-0.39, 0.29) is 12.2 Å². The number of aryl methyl sites for hydroxylation is 1. The minimum atomic E-state index is -3.36. The maximum absolute atomic E-state index is 13.3. The van der Waals surface area contributed by atoms with Crippen LogP contribution in [0, 0.1) is 6.92 Å². The number of benzene rings is 2. The monoisotopic (exact) mass is 572 g/mol. The molecule has 1 aliphatic carbocycles. The lowest BCUT2D eigenvalue weighted by atomic mass is 9.93. The number of nitrogens with zero attached hydrogens (tertiary/aromatic N) is 1. The largest absolute Gasteiger partial charge is 0.480 e. The van der Waals surface area contributed by atoms with Crippen molar-refractivity contribution < 1.29 is 23.1 Å². The molecule has 7 nitrogen and oxygen atoms in total. The van der Waals surface area contributed by atoms with Crippen LogP contribution in [0.3, 0.4) is 0 Å². The van der Waals surface area contributed by atoms with Crippen LogP contribution < -0.4 is 5.32 Å². The van der Waals surface area contributed by atoms with Gasteiger partial charge in [0.2, 0.25) is 0 Å². The zero-order valence-corrected chi connectivity index (χ0v) is 24.5. The third-order valence-corrected chi connectivity index (χ3v) is 10.3. The van der Waals surface area contributed by atoms with Gasteiger partial charge < -0.3 is 10.4 Å². The summed E-state index contributed by atoms with van der Waals surface area (Å²) in [5.41, 5.74) is 4.17. The Morgan fingerprint density at radius 1 is 1.05 bits per heavy atom. The average Bonchev–Trinajstić information content (AvgIpc) is 3.33. The fourth-order valence-electron chi connectivity index (χ4n) is 5.59. The number of nitrogens with one attached hydrogen (secondary N) is 1. The molecule has 4 rings (SSSR count). The van der Waals surface area contributed by atoms with Crippen molar-refractivity contribution in [3.05, 3.63) is 59.2 Å². The fraction of sp³-hybridized carbons (Fsp3) is 0.533. The number of carboxylic acids is 1. The second kappa shape index (κ2) is 13.3. The molecule has 1 saturated heterocycles. The van der Waals surface area contributed by atoms with Crippen LogP contribution in [0.2, 0.25) is 0 Å². The molecule has 0 radical (unpaired) electrons. The first-order valence-electron chi connectivity index (χ1n) is 13.9. The summed E-state index contributed by atoms with van der Waals surface area (Å²) >= 11 is 2.18. The Bertz CT molecular complexity index is 1270. The third kappa shape index (κ3) is 8.56. The number of sulfone groups is 1. The molecule has 2 unspecified atom stereocenters. The molecule has 0 aromatic heterocycles. The van der Waals surface area contributed by atoms with Crippen LogP contribution in [0.1, 0.15) is 66.4 Å². The molecule has 1 amide bonds. The van der Waals surface area contributed by atoms with Crippen LogP contribution in [0.15, 0.2) is 42.5 Å². The second-order valence-corrected chi connectivity index (χ2v) is 14.9. The van der Waals surface area contributed by atoms with Gasteiger partial charge in [-0.2, -0.15) is 11.8 Å². The molecule has 2 atom stereocenters. The Morgan fingerprint density at radius 2 is 1.79 bits per heavy atom. The van der Waals surface area contributed by atoms with Gasteiger partial charge >= 0.3 is 5.97 Å². The number of amides is 1. The topological polar surface area (TPSA) is 104 Å². The normalized spacial score (nSPS) is 19.6. The van der Waals surface area contributed by atoms with E-state index in [1.54, 1.807) is 6.07 Å². The SMILES string of the molecule is Cc1ccccc1-c1cc(CN2CCC(SC3CCCCC3)C2)ccc1C(=O)NC(CCS(C)(=O)=O)C(=O)O. The predicted molar refractivity (Wildman–Crippen MR) is 158 cm³/mol. The highest BCUT2D eigenvalue weighted by atomic mass is 32.2. The van der Waals surface area contributed by atoms with Gasteiger partial charge in [-0.05, 0) is 73.5 Å².